The lowest BCUT2D eigenvalue weighted by atomic mass is 10.0. The van der Waals surface area contributed by atoms with Crippen LogP contribution in [0, 0.1) is 6.92 Å². The van der Waals surface area contributed by atoms with E-state index in [1.807, 2.05) is 13.0 Å². The second-order valence-corrected chi connectivity index (χ2v) is 8.37. The van der Waals surface area contributed by atoms with Gasteiger partial charge in [-0.3, -0.25) is 9.71 Å². The van der Waals surface area contributed by atoms with Crippen molar-refractivity contribution >= 4 is 38.9 Å². The molecule has 0 bridgehead atoms. The smallest absolute Gasteiger partial charge is 0.261 e. The molecule has 1 N–H and O–H groups in total. The SMILES string of the molecule is COc1cc(NS(=O)(=O)c2cc(Cl)cc(Cl)c2)ccc1-c1cnccc1C. The van der Waals surface area contributed by atoms with E-state index in [0.29, 0.717) is 11.4 Å². The molecule has 0 aliphatic rings. The fourth-order valence-corrected chi connectivity index (χ4v) is 4.40. The first-order valence-corrected chi connectivity index (χ1v) is 10.1. The van der Waals surface area contributed by atoms with Crippen molar-refractivity contribution in [3.63, 3.8) is 0 Å². The zero-order valence-corrected chi connectivity index (χ0v) is 16.9. The summed E-state index contributed by atoms with van der Waals surface area (Å²) >= 11 is 11.8. The van der Waals surface area contributed by atoms with Gasteiger partial charge in [-0.2, -0.15) is 0 Å². The van der Waals surface area contributed by atoms with Crippen LogP contribution in [0.5, 0.6) is 5.75 Å². The molecule has 1 aromatic heterocycles. The quantitative estimate of drug-likeness (QED) is 0.615. The van der Waals surface area contributed by atoms with Gasteiger partial charge in [0.25, 0.3) is 10.0 Å². The number of pyridine rings is 1. The van der Waals surface area contributed by atoms with E-state index in [2.05, 4.69) is 9.71 Å². The predicted octanol–water partition coefficient (Wildman–Crippen LogP) is 5.17. The van der Waals surface area contributed by atoms with Crippen molar-refractivity contribution in [3.8, 4) is 16.9 Å². The van der Waals surface area contributed by atoms with Crippen LogP contribution in [0.25, 0.3) is 11.1 Å². The summed E-state index contributed by atoms with van der Waals surface area (Å²) < 4.78 is 33.2. The van der Waals surface area contributed by atoms with Crippen LogP contribution in [-0.2, 0) is 10.0 Å². The second kappa shape index (κ2) is 7.76. The number of aromatic nitrogens is 1. The number of methoxy groups -OCH3 is 1. The summed E-state index contributed by atoms with van der Waals surface area (Å²) in [6.45, 7) is 1.97. The van der Waals surface area contributed by atoms with Crippen LogP contribution in [0.15, 0.2) is 59.8 Å². The van der Waals surface area contributed by atoms with Gasteiger partial charge >= 0.3 is 0 Å². The van der Waals surface area contributed by atoms with Crippen LogP contribution in [0.3, 0.4) is 0 Å². The molecule has 140 valence electrons. The summed E-state index contributed by atoms with van der Waals surface area (Å²) in [6.07, 6.45) is 3.45. The van der Waals surface area contributed by atoms with Crippen LogP contribution in [0.1, 0.15) is 5.56 Å². The Morgan fingerprint density at radius 1 is 1.00 bits per heavy atom. The molecule has 0 saturated carbocycles. The van der Waals surface area contributed by atoms with E-state index in [-0.39, 0.29) is 14.9 Å². The summed E-state index contributed by atoms with van der Waals surface area (Å²) in [5, 5.41) is 0.478. The van der Waals surface area contributed by atoms with Crippen molar-refractivity contribution < 1.29 is 13.2 Å². The summed E-state index contributed by atoms with van der Waals surface area (Å²) in [5.41, 5.74) is 3.11. The third kappa shape index (κ3) is 4.35. The summed E-state index contributed by atoms with van der Waals surface area (Å²) in [5.74, 6) is 0.524. The van der Waals surface area contributed by atoms with Crippen molar-refractivity contribution in [1.82, 2.24) is 4.98 Å². The van der Waals surface area contributed by atoms with E-state index >= 15 is 0 Å². The number of hydrogen-bond acceptors (Lipinski definition) is 4. The van der Waals surface area contributed by atoms with Gasteiger partial charge in [-0.15, -0.1) is 0 Å². The van der Waals surface area contributed by atoms with Crippen LogP contribution in [0.4, 0.5) is 5.69 Å². The molecule has 0 radical (unpaired) electrons. The summed E-state index contributed by atoms with van der Waals surface area (Å²) in [6, 6.07) is 11.1. The lowest BCUT2D eigenvalue weighted by molar-refractivity contribution is 0.416. The highest BCUT2D eigenvalue weighted by molar-refractivity contribution is 7.92. The van der Waals surface area contributed by atoms with Crippen molar-refractivity contribution in [2.24, 2.45) is 0 Å². The van der Waals surface area contributed by atoms with E-state index < -0.39 is 10.0 Å². The summed E-state index contributed by atoms with van der Waals surface area (Å²) in [4.78, 5) is 4.12. The highest BCUT2D eigenvalue weighted by Crippen LogP contribution is 2.34. The molecule has 0 amide bonds. The first kappa shape index (κ1) is 19.5. The molecule has 0 aliphatic carbocycles. The standard InChI is InChI=1S/C19H16Cl2N2O3S/c1-12-5-6-22-11-18(12)17-4-3-15(10-19(17)26-2)23-27(24,25)16-8-13(20)7-14(21)9-16/h3-11,23H,1-2H3. The third-order valence-electron chi connectivity index (χ3n) is 3.93. The first-order chi connectivity index (χ1) is 12.8. The van der Waals surface area contributed by atoms with Crippen molar-refractivity contribution in [2.45, 2.75) is 11.8 Å². The topological polar surface area (TPSA) is 68.3 Å². The number of ether oxygens (including phenoxy) is 1. The molecular formula is C19H16Cl2N2O3S. The van der Waals surface area contributed by atoms with Crippen LogP contribution in [-0.4, -0.2) is 20.5 Å². The number of aryl methyl sites for hydroxylation is 1. The van der Waals surface area contributed by atoms with E-state index in [0.717, 1.165) is 16.7 Å². The third-order valence-corrected chi connectivity index (χ3v) is 5.73. The number of halogens is 2. The van der Waals surface area contributed by atoms with Crippen molar-refractivity contribution in [3.05, 3.63) is 70.5 Å². The number of benzene rings is 2. The molecule has 0 saturated heterocycles. The molecule has 0 atom stereocenters. The fourth-order valence-electron chi connectivity index (χ4n) is 2.62. The fraction of sp³-hybridized carbons (Fsp3) is 0.105. The highest BCUT2D eigenvalue weighted by atomic mass is 35.5. The zero-order chi connectivity index (χ0) is 19.6. The molecule has 27 heavy (non-hydrogen) atoms. The molecule has 5 nitrogen and oxygen atoms in total. The maximum atomic E-state index is 12.6. The van der Waals surface area contributed by atoms with Crippen LogP contribution >= 0.6 is 23.2 Å². The predicted molar refractivity (Wildman–Crippen MR) is 108 cm³/mol. The molecule has 3 aromatic rings. The van der Waals surface area contributed by atoms with Gasteiger partial charge in [-0.25, -0.2) is 8.42 Å². The van der Waals surface area contributed by atoms with Gasteiger partial charge in [0.1, 0.15) is 5.75 Å². The Balaban J connectivity index is 1.98. The normalized spacial score (nSPS) is 11.3. The molecule has 2 aromatic carbocycles. The van der Waals surface area contributed by atoms with E-state index in [1.165, 1.54) is 25.3 Å². The van der Waals surface area contributed by atoms with E-state index in [9.17, 15) is 8.42 Å². The number of hydrogen-bond donors (Lipinski definition) is 1. The molecule has 0 aliphatic heterocycles. The van der Waals surface area contributed by atoms with E-state index in [4.69, 9.17) is 27.9 Å². The van der Waals surface area contributed by atoms with Gasteiger partial charge in [0, 0.05) is 39.6 Å². The second-order valence-electron chi connectivity index (χ2n) is 5.82. The lowest BCUT2D eigenvalue weighted by Gasteiger charge is -2.14. The van der Waals surface area contributed by atoms with Gasteiger partial charge in [0.05, 0.1) is 17.7 Å². The number of nitrogens with one attached hydrogen (secondary N) is 1. The zero-order valence-electron chi connectivity index (χ0n) is 14.5. The molecular weight excluding hydrogens is 407 g/mol. The molecule has 0 unspecified atom stereocenters. The largest absolute Gasteiger partial charge is 0.496 e. The molecule has 0 spiro atoms. The average Bonchev–Trinajstić information content (AvgIpc) is 2.61. The Hall–Kier alpha value is -2.28. The van der Waals surface area contributed by atoms with Gasteiger partial charge in [-0.1, -0.05) is 23.2 Å². The monoisotopic (exact) mass is 422 g/mol. The van der Waals surface area contributed by atoms with Crippen molar-refractivity contribution in [2.75, 3.05) is 11.8 Å². The minimum atomic E-state index is -3.86. The van der Waals surface area contributed by atoms with Crippen LogP contribution < -0.4 is 9.46 Å². The Kier molecular flexibility index (Phi) is 5.60. The highest BCUT2D eigenvalue weighted by Gasteiger charge is 2.17. The Morgan fingerprint density at radius 2 is 1.70 bits per heavy atom. The number of rotatable bonds is 5. The van der Waals surface area contributed by atoms with Gasteiger partial charge in [0.2, 0.25) is 0 Å². The maximum absolute atomic E-state index is 12.6. The Labute approximate surface area is 168 Å². The summed E-state index contributed by atoms with van der Waals surface area (Å²) in [7, 11) is -2.33. The van der Waals surface area contributed by atoms with Crippen LogP contribution in [0.2, 0.25) is 10.0 Å². The van der Waals surface area contributed by atoms with Gasteiger partial charge in [-0.05, 0) is 48.9 Å². The number of sulfonamides is 1. The van der Waals surface area contributed by atoms with Gasteiger partial charge < -0.3 is 4.74 Å². The Bertz CT molecular complexity index is 1080. The minimum absolute atomic E-state index is 0.0221. The number of nitrogens with zero attached hydrogens (tertiary/aromatic N) is 1. The first-order valence-electron chi connectivity index (χ1n) is 7.88. The molecule has 3 rings (SSSR count). The number of anilines is 1. The van der Waals surface area contributed by atoms with Gasteiger partial charge in [0.15, 0.2) is 0 Å². The maximum Gasteiger partial charge on any atom is 0.261 e. The average molecular weight is 423 g/mol. The van der Waals surface area contributed by atoms with Crippen molar-refractivity contribution in [1.29, 1.82) is 0 Å². The van der Waals surface area contributed by atoms with E-state index in [1.54, 1.807) is 30.6 Å². The Morgan fingerprint density at radius 3 is 2.33 bits per heavy atom. The lowest BCUT2D eigenvalue weighted by Crippen LogP contribution is -2.13. The molecule has 8 heteroatoms. The molecule has 1 heterocycles. The minimum Gasteiger partial charge on any atom is -0.496 e. The molecule has 0 fully saturated rings.